The Morgan fingerprint density at radius 2 is 1.34 bits per heavy atom. The predicted molar refractivity (Wildman–Crippen MR) is 159 cm³/mol. The van der Waals surface area contributed by atoms with Gasteiger partial charge in [0.25, 0.3) is 0 Å². The molecule has 0 aliphatic rings. The van der Waals surface area contributed by atoms with Gasteiger partial charge in [-0.3, -0.25) is 9.59 Å². The topological polar surface area (TPSA) is 52.6 Å². The number of Topliss-reactive ketones (excluding diaryl/α,β-unsaturated/α-hetero) is 1. The zero-order chi connectivity index (χ0) is 28.7. The number of aryl methyl sites for hydroxylation is 4. The summed E-state index contributed by atoms with van der Waals surface area (Å²) in [6.07, 6.45) is 8.56. The molecular weight excluding hydrogens is 472 g/mol. The van der Waals surface area contributed by atoms with Gasteiger partial charge in [-0.15, -0.1) is 0 Å². The highest BCUT2D eigenvalue weighted by Gasteiger charge is 2.33. The van der Waals surface area contributed by atoms with Crippen molar-refractivity contribution in [2.75, 3.05) is 6.61 Å². The number of unbranched alkanes of at least 4 members (excludes halogenated alkanes) is 3. The van der Waals surface area contributed by atoms with Crippen LogP contribution in [0.15, 0.2) is 30.3 Å². The molecule has 0 N–H and O–H groups in total. The van der Waals surface area contributed by atoms with E-state index in [9.17, 15) is 9.59 Å². The molecular formula is C34H48O4. The van der Waals surface area contributed by atoms with Gasteiger partial charge in [0.2, 0.25) is 0 Å². The van der Waals surface area contributed by atoms with E-state index < -0.39 is 5.60 Å². The molecule has 38 heavy (non-hydrogen) atoms. The van der Waals surface area contributed by atoms with E-state index in [2.05, 4.69) is 27.7 Å². The summed E-state index contributed by atoms with van der Waals surface area (Å²) < 4.78 is 12.3. The van der Waals surface area contributed by atoms with Gasteiger partial charge < -0.3 is 9.47 Å². The van der Waals surface area contributed by atoms with Crippen molar-refractivity contribution in [2.45, 2.75) is 107 Å². The van der Waals surface area contributed by atoms with Gasteiger partial charge >= 0.3 is 0 Å². The van der Waals surface area contributed by atoms with Gasteiger partial charge in [0.1, 0.15) is 11.5 Å². The number of carbonyl (C=O) groups is 2. The van der Waals surface area contributed by atoms with Gasteiger partial charge in [-0.05, 0) is 112 Å². The zero-order valence-electron chi connectivity index (χ0n) is 25.3. The van der Waals surface area contributed by atoms with Crippen LogP contribution >= 0.6 is 0 Å². The summed E-state index contributed by atoms with van der Waals surface area (Å²) in [5.41, 5.74) is 4.38. The second-order valence-corrected chi connectivity index (χ2v) is 12.3. The fourth-order valence-electron chi connectivity index (χ4n) is 4.54. The Balaban J connectivity index is 2.14. The normalized spacial score (nSPS) is 12.2. The van der Waals surface area contributed by atoms with Crippen LogP contribution < -0.4 is 9.47 Å². The van der Waals surface area contributed by atoms with E-state index in [4.69, 9.17) is 9.47 Å². The molecule has 4 heteroatoms. The molecule has 0 atom stereocenters. The quantitative estimate of drug-likeness (QED) is 0.150. The van der Waals surface area contributed by atoms with E-state index in [0.717, 1.165) is 45.7 Å². The Bertz CT molecular complexity index is 1120. The van der Waals surface area contributed by atoms with Crippen LogP contribution in [-0.4, -0.2) is 23.8 Å². The number of carbonyl (C=O) groups excluding carboxylic acids is 2. The van der Waals surface area contributed by atoms with Crippen LogP contribution in [0.5, 0.6) is 11.5 Å². The van der Waals surface area contributed by atoms with E-state index in [1.165, 1.54) is 19.3 Å². The molecule has 208 valence electrons. The maximum atomic E-state index is 13.0. The fraction of sp³-hybridized carbons (Fsp3) is 0.529. The third-order valence-electron chi connectivity index (χ3n) is 6.62. The second kappa shape index (κ2) is 13.3. The molecule has 0 fully saturated rings. The summed E-state index contributed by atoms with van der Waals surface area (Å²) in [6, 6.07) is 7.79. The van der Waals surface area contributed by atoms with Crippen LogP contribution in [0.1, 0.15) is 112 Å². The minimum absolute atomic E-state index is 0.0461. The first-order chi connectivity index (χ1) is 17.6. The van der Waals surface area contributed by atoms with Gasteiger partial charge in [-0.1, -0.05) is 53.0 Å². The summed E-state index contributed by atoms with van der Waals surface area (Å²) in [4.78, 5) is 25.9. The van der Waals surface area contributed by atoms with Gasteiger partial charge in [-0.2, -0.15) is 0 Å². The predicted octanol–water partition coefficient (Wildman–Crippen LogP) is 8.94. The van der Waals surface area contributed by atoms with Crippen LogP contribution in [0.2, 0.25) is 0 Å². The molecule has 0 unspecified atom stereocenters. The second-order valence-electron chi connectivity index (χ2n) is 12.3. The van der Waals surface area contributed by atoms with Gasteiger partial charge in [0.15, 0.2) is 17.2 Å². The molecule has 0 aromatic heterocycles. The van der Waals surface area contributed by atoms with Crippen LogP contribution in [0, 0.1) is 33.1 Å². The summed E-state index contributed by atoms with van der Waals surface area (Å²) >= 11 is 0. The molecule has 2 aromatic carbocycles. The van der Waals surface area contributed by atoms with Crippen LogP contribution in [0.4, 0.5) is 0 Å². The molecule has 0 radical (unpaired) electrons. The number of benzene rings is 2. The lowest BCUT2D eigenvalue weighted by Crippen LogP contribution is -2.40. The molecule has 0 heterocycles. The molecule has 0 aliphatic carbocycles. The van der Waals surface area contributed by atoms with Crippen molar-refractivity contribution in [3.05, 3.63) is 63.7 Å². The summed E-state index contributed by atoms with van der Waals surface area (Å²) in [7, 11) is 0. The zero-order valence-corrected chi connectivity index (χ0v) is 25.3. The first-order valence-electron chi connectivity index (χ1n) is 13.9. The van der Waals surface area contributed by atoms with Gasteiger partial charge in [0, 0.05) is 12.0 Å². The maximum Gasteiger partial charge on any atom is 0.185 e. The lowest BCUT2D eigenvalue weighted by molar-refractivity contribution is -0.133. The number of hydrogen-bond donors (Lipinski definition) is 0. The maximum absolute atomic E-state index is 13.0. The van der Waals surface area contributed by atoms with Crippen molar-refractivity contribution in [3.63, 3.8) is 0 Å². The molecule has 0 amide bonds. The van der Waals surface area contributed by atoms with Crippen molar-refractivity contribution in [1.29, 1.82) is 0 Å². The van der Waals surface area contributed by atoms with Crippen molar-refractivity contribution >= 4 is 17.6 Å². The van der Waals surface area contributed by atoms with Crippen molar-refractivity contribution in [1.82, 2.24) is 0 Å². The smallest absolute Gasteiger partial charge is 0.185 e. The summed E-state index contributed by atoms with van der Waals surface area (Å²) in [5, 5.41) is 0. The van der Waals surface area contributed by atoms with E-state index in [-0.39, 0.29) is 17.0 Å². The number of ketones is 2. The molecule has 0 bridgehead atoms. The Labute approximate surface area is 230 Å². The Morgan fingerprint density at radius 3 is 1.87 bits per heavy atom. The monoisotopic (exact) mass is 520 g/mol. The Morgan fingerprint density at radius 1 is 0.789 bits per heavy atom. The average molecular weight is 521 g/mol. The van der Waals surface area contributed by atoms with Gasteiger partial charge in [-0.25, -0.2) is 0 Å². The van der Waals surface area contributed by atoms with Crippen LogP contribution in [0.3, 0.4) is 0 Å². The first kappa shape index (κ1) is 31.3. The number of rotatable bonds is 13. The Hall–Kier alpha value is -2.88. The van der Waals surface area contributed by atoms with Crippen molar-refractivity contribution in [3.8, 4) is 11.5 Å². The van der Waals surface area contributed by atoms with E-state index in [0.29, 0.717) is 18.6 Å². The summed E-state index contributed by atoms with van der Waals surface area (Å²) in [5.74, 6) is 1.64. The molecule has 2 aromatic rings. The van der Waals surface area contributed by atoms with Gasteiger partial charge in [0.05, 0.1) is 6.61 Å². The molecule has 0 saturated carbocycles. The molecule has 0 spiro atoms. The van der Waals surface area contributed by atoms with E-state index >= 15 is 0 Å². The molecule has 2 rings (SSSR count). The highest BCUT2D eigenvalue weighted by atomic mass is 16.5. The number of allylic oxidation sites excluding steroid dienone is 1. The van der Waals surface area contributed by atoms with Crippen molar-refractivity contribution < 1.29 is 19.1 Å². The van der Waals surface area contributed by atoms with Crippen LogP contribution in [-0.2, 0) is 4.79 Å². The van der Waals surface area contributed by atoms with Crippen LogP contribution in [0.25, 0.3) is 6.08 Å². The summed E-state index contributed by atoms with van der Waals surface area (Å²) in [6.45, 7) is 20.7. The SMILES string of the molecule is CCCCCCOc1c(C)cc(C(=O)/C=C/c2cc(C)c(OC(C)(C)C(=O)CC(C)(C)C)c(C)c2)cc1C. The molecule has 4 nitrogen and oxygen atoms in total. The lowest BCUT2D eigenvalue weighted by atomic mass is 9.85. The number of hydrogen-bond acceptors (Lipinski definition) is 4. The lowest BCUT2D eigenvalue weighted by Gasteiger charge is -2.30. The third kappa shape index (κ3) is 9.15. The highest BCUT2D eigenvalue weighted by molar-refractivity contribution is 6.07. The number of ether oxygens (including phenoxy) is 2. The Kier molecular flexibility index (Phi) is 10.9. The minimum atomic E-state index is -0.919. The molecule has 0 aliphatic heterocycles. The van der Waals surface area contributed by atoms with Crippen molar-refractivity contribution in [2.24, 2.45) is 5.41 Å². The molecule has 0 saturated heterocycles. The van der Waals surface area contributed by atoms with E-state index in [1.807, 2.05) is 71.9 Å². The third-order valence-corrected chi connectivity index (χ3v) is 6.62. The minimum Gasteiger partial charge on any atom is -0.493 e. The van der Waals surface area contributed by atoms with E-state index in [1.54, 1.807) is 6.08 Å². The first-order valence-corrected chi connectivity index (χ1v) is 13.9. The fourth-order valence-corrected chi connectivity index (χ4v) is 4.54. The largest absolute Gasteiger partial charge is 0.493 e. The highest BCUT2D eigenvalue weighted by Crippen LogP contribution is 2.32. The standard InChI is InChI=1S/C34H48O4/c1-11-12-13-14-17-37-31-25(4)20-28(21-26(31)5)29(35)16-15-27-18-23(2)32(24(3)19-27)38-34(9,10)30(36)22-33(6,7)8/h15-16,18-21H,11-14,17,22H2,1-10H3/b16-15+. The average Bonchev–Trinajstić information content (AvgIpc) is 2.80.